The van der Waals surface area contributed by atoms with Crippen LogP contribution in [0.4, 0.5) is 17.1 Å². The Labute approximate surface area is 164 Å². The summed E-state index contributed by atoms with van der Waals surface area (Å²) in [4.78, 5) is 19.6. The first kappa shape index (κ1) is 18.3. The third-order valence-corrected chi connectivity index (χ3v) is 5.30. The van der Waals surface area contributed by atoms with Gasteiger partial charge in [-0.3, -0.25) is 4.98 Å². The van der Waals surface area contributed by atoms with Crippen LogP contribution in [0.15, 0.2) is 48.5 Å². The van der Waals surface area contributed by atoms with E-state index in [-0.39, 0.29) is 5.56 Å². The summed E-state index contributed by atoms with van der Waals surface area (Å²) in [5.74, 6) is -1.19. The summed E-state index contributed by atoms with van der Waals surface area (Å²) in [6.45, 7) is 6.38. The van der Waals surface area contributed by atoms with Crippen molar-refractivity contribution >= 4 is 33.9 Å². The molecule has 0 atom stereocenters. The van der Waals surface area contributed by atoms with Crippen LogP contribution in [-0.2, 0) is 0 Å². The molecular weight excluding hydrogens is 352 g/mol. The number of carboxylic acid groups (broad SMARTS) is 1. The van der Waals surface area contributed by atoms with Crippen molar-refractivity contribution in [3.05, 3.63) is 59.8 Å². The topological polar surface area (TPSA) is 72.7 Å². The van der Waals surface area contributed by atoms with E-state index in [0.717, 1.165) is 48.6 Å². The SMILES string of the molecule is Cc1cc(Nc2ccc(N3CC[NH+](C)CC3)cc2)c2ccc(C(=O)[O-])cc2n1. The van der Waals surface area contributed by atoms with E-state index in [1.165, 1.54) is 5.69 Å². The molecule has 1 saturated heterocycles. The second-order valence-electron chi connectivity index (χ2n) is 7.45. The van der Waals surface area contributed by atoms with Crippen molar-refractivity contribution < 1.29 is 14.8 Å². The van der Waals surface area contributed by atoms with Crippen LogP contribution in [0.5, 0.6) is 0 Å². The van der Waals surface area contributed by atoms with Crippen LogP contribution in [0.2, 0.25) is 0 Å². The number of hydrogen-bond donors (Lipinski definition) is 2. The lowest BCUT2D eigenvalue weighted by Crippen LogP contribution is -3.12. The fourth-order valence-corrected chi connectivity index (χ4v) is 3.65. The van der Waals surface area contributed by atoms with Crippen molar-refractivity contribution in [3.63, 3.8) is 0 Å². The molecule has 0 bridgehead atoms. The maximum atomic E-state index is 11.1. The Morgan fingerprint density at radius 1 is 1.11 bits per heavy atom. The van der Waals surface area contributed by atoms with Gasteiger partial charge in [0, 0.05) is 28.1 Å². The first-order chi connectivity index (χ1) is 13.5. The summed E-state index contributed by atoms with van der Waals surface area (Å²) in [5.41, 5.74) is 4.73. The predicted octanol–water partition coefficient (Wildman–Crippen LogP) is 0.985. The largest absolute Gasteiger partial charge is 0.545 e. The summed E-state index contributed by atoms with van der Waals surface area (Å²) < 4.78 is 0. The van der Waals surface area contributed by atoms with E-state index in [4.69, 9.17) is 0 Å². The molecule has 0 radical (unpaired) electrons. The van der Waals surface area contributed by atoms with E-state index in [9.17, 15) is 9.90 Å². The van der Waals surface area contributed by atoms with Crippen LogP contribution >= 0.6 is 0 Å². The van der Waals surface area contributed by atoms with E-state index in [1.54, 1.807) is 23.1 Å². The fourth-order valence-electron chi connectivity index (χ4n) is 3.65. The molecule has 0 unspecified atom stereocenters. The van der Waals surface area contributed by atoms with Gasteiger partial charge in [0.15, 0.2) is 0 Å². The highest BCUT2D eigenvalue weighted by Crippen LogP contribution is 2.28. The number of anilines is 3. The van der Waals surface area contributed by atoms with Gasteiger partial charge in [0.25, 0.3) is 0 Å². The number of piperazine rings is 1. The molecule has 28 heavy (non-hydrogen) atoms. The van der Waals surface area contributed by atoms with E-state index in [2.05, 4.69) is 46.5 Å². The van der Waals surface area contributed by atoms with Crippen LogP contribution in [0, 0.1) is 6.92 Å². The zero-order chi connectivity index (χ0) is 19.7. The number of aromatic carboxylic acids is 1. The monoisotopic (exact) mass is 376 g/mol. The normalized spacial score (nSPS) is 15.0. The summed E-state index contributed by atoms with van der Waals surface area (Å²) in [5, 5.41) is 15.5. The summed E-state index contributed by atoms with van der Waals surface area (Å²) in [6.07, 6.45) is 0. The van der Waals surface area contributed by atoms with Gasteiger partial charge in [-0.05, 0) is 48.9 Å². The maximum Gasteiger partial charge on any atom is 0.0947 e. The number of aryl methyl sites for hydroxylation is 1. The fraction of sp³-hybridized carbons (Fsp3) is 0.273. The highest BCUT2D eigenvalue weighted by atomic mass is 16.4. The Morgan fingerprint density at radius 3 is 2.50 bits per heavy atom. The smallest absolute Gasteiger partial charge is 0.0947 e. The molecule has 1 fully saturated rings. The quantitative estimate of drug-likeness (QED) is 0.710. The van der Waals surface area contributed by atoms with Crippen LogP contribution in [0.25, 0.3) is 10.9 Å². The minimum Gasteiger partial charge on any atom is -0.545 e. The number of carboxylic acids is 1. The van der Waals surface area contributed by atoms with Crippen LogP contribution < -0.4 is 20.2 Å². The Kier molecular flexibility index (Phi) is 4.88. The summed E-state index contributed by atoms with van der Waals surface area (Å²) >= 11 is 0. The van der Waals surface area contributed by atoms with Gasteiger partial charge in [-0.15, -0.1) is 0 Å². The first-order valence-electron chi connectivity index (χ1n) is 9.56. The molecular formula is C22H24N4O2. The number of benzene rings is 2. The van der Waals surface area contributed by atoms with Crippen LogP contribution in [0.3, 0.4) is 0 Å². The summed E-state index contributed by atoms with van der Waals surface area (Å²) in [6, 6.07) is 15.3. The molecule has 6 nitrogen and oxygen atoms in total. The van der Waals surface area contributed by atoms with Crippen molar-refractivity contribution in [2.45, 2.75) is 6.92 Å². The molecule has 2 heterocycles. The van der Waals surface area contributed by atoms with Crippen LogP contribution in [0.1, 0.15) is 16.1 Å². The Hall–Kier alpha value is -3.12. The highest BCUT2D eigenvalue weighted by Gasteiger charge is 2.16. The molecule has 144 valence electrons. The molecule has 2 N–H and O–H groups in total. The highest BCUT2D eigenvalue weighted by molar-refractivity contribution is 5.98. The van der Waals surface area contributed by atoms with Gasteiger partial charge in [0.1, 0.15) is 0 Å². The predicted molar refractivity (Wildman–Crippen MR) is 109 cm³/mol. The van der Waals surface area contributed by atoms with Gasteiger partial charge in [0.2, 0.25) is 0 Å². The molecule has 1 aliphatic heterocycles. The second-order valence-corrected chi connectivity index (χ2v) is 7.45. The number of carbonyl (C=O) groups is 1. The molecule has 1 aromatic heterocycles. The molecule has 0 amide bonds. The molecule has 6 heteroatoms. The van der Waals surface area contributed by atoms with E-state index in [1.807, 2.05) is 13.0 Å². The number of hydrogen-bond acceptors (Lipinski definition) is 5. The number of pyridine rings is 1. The molecule has 0 spiro atoms. The Morgan fingerprint density at radius 2 is 1.82 bits per heavy atom. The molecule has 2 aromatic carbocycles. The lowest BCUT2D eigenvalue weighted by molar-refractivity contribution is -0.880. The van der Waals surface area contributed by atoms with Crippen molar-refractivity contribution in [3.8, 4) is 0 Å². The van der Waals surface area contributed by atoms with Gasteiger partial charge in [-0.25, -0.2) is 0 Å². The number of nitrogens with zero attached hydrogens (tertiary/aromatic N) is 2. The maximum absolute atomic E-state index is 11.1. The number of nitrogens with one attached hydrogen (secondary N) is 2. The average molecular weight is 376 g/mol. The van der Waals surface area contributed by atoms with Crippen molar-refractivity contribution in [1.29, 1.82) is 0 Å². The molecule has 4 rings (SSSR count). The zero-order valence-electron chi connectivity index (χ0n) is 16.2. The number of rotatable bonds is 4. The van der Waals surface area contributed by atoms with Gasteiger partial charge < -0.3 is 25.0 Å². The number of carbonyl (C=O) groups excluding carboxylic acids is 1. The van der Waals surface area contributed by atoms with Crippen molar-refractivity contribution in [1.82, 2.24) is 4.98 Å². The number of aromatic nitrogens is 1. The number of likely N-dealkylation sites (N-methyl/N-ethyl adjacent to an activating group) is 1. The Bertz CT molecular complexity index is 1010. The average Bonchev–Trinajstić information content (AvgIpc) is 2.68. The third-order valence-electron chi connectivity index (χ3n) is 5.30. The van der Waals surface area contributed by atoms with Gasteiger partial charge in [-0.2, -0.15) is 0 Å². The first-order valence-corrected chi connectivity index (χ1v) is 9.56. The molecule has 3 aromatic rings. The van der Waals surface area contributed by atoms with Gasteiger partial charge in [-0.1, -0.05) is 12.1 Å². The van der Waals surface area contributed by atoms with E-state index >= 15 is 0 Å². The Balaban J connectivity index is 1.58. The number of fused-ring (bicyclic) bond motifs is 1. The van der Waals surface area contributed by atoms with Gasteiger partial charge >= 0.3 is 0 Å². The molecule has 0 saturated carbocycles. The molecule has 0 aliphatic carbocycles. The standard InChI is InChI=1S/C22H24N4O2/c1-15-13-20(19-8-3-16(22(27)28)14-21(19)23-15)24-17-4-6-18(7-5-17)26-11-9-25(2)10-12-26/h3-8,13-14H,9-12H2,1-2H3,(H,23,24)(H,27,28). The van der Waals surface area contributed by atoms with Gasteiger partial charge in [0.05, 0.1) is 44.7 Å². The van der Waals surface area contributed by atoms with E-state index < -0.39 is 5.97 Å². The third kappa shape index (κ3) is 3.77. The van der Waals surface area contributed by atoms with Crippen molar-refractivity contribution in [2.24, 2.45) is 0 Å². The lowest BCUT2D eigenvalue weighted by Gasteiger charge is -2.31. The minimum atomic E-state index is -1.19. The number of quaternary nitrogens is 1. The minimum absolute atomic E-state index is 0.134. The van der Waals surface area contributed by atoms with E-state index in [0.29, 0.717) is 5.52 Å². The zero-order valence-corrected chi connectivity index (χ0v) is 16.2. The summed E-state index contributed by atoms with van der Waals surface area (Å²) in [7, 11) is 2.24. The lowest BCUT2D eigenvalue weighted by atomic mass is 10.1. The molecule has 1 aliphatic rings. The van der Waals surface area contributed by atoms with Crippen molar-refractivity contribution in [2.75, 3.05) is 43.4 Å². The second kappa shape index (κ2) is 7.48. The van der Waals surface area contributed by atoms with Crippen LogP contribution in [-0.4, -0.2) is 44.2 Å².